The number of hydrogen-bond donors (Lipinski definition) is 1. The van der Waals surface area contributed by atoms with Gasteiger partial charge in [0.1, 0.15) is 0 Å². The predicted octanol–water partition coefficient (Wildman–Crippen LogP) is 5.75. The Kier molecular flexibility index (Phi) is 5.82. The molecule has 0 amide bonds. The molecule has 2 heteroatoms. The molecule has 0 saturated heterocycles. The van der Waals surface area contributed by atoms with E-state index < -0.39 is 0 Å². The van der Waals surface area contributed by atoms with Crippen LogP contribution in [-0.4, -0.2) is 11.9 Å². The van der Waals surface area contributed by atoms with Crippen LogP contribution >= 0.6 is 0 Å². The van der Waals surface area contributed by atoms with Gasteiger partial charge in [0.15, 0.2) is 0 Å². The summed E-state index contributed by atoms with van der Waals surface area (Å²) in [5, 5.41) is 3.36. The molecule has 128 valence electrons. The monoisotopic (exact) mass is 322 g/mol. The summed E-state index contributed by atoms with van der Waals surface area (Å²) >= 11 is 0. The van der Waals surface area contributed by atoms with Crippen LogP contribution in [0.4, 0.5) is 5.69 Å². The minimum atomic E-state index is 0.205. The van der Waals surface area contributed by atoms with Crippen LogP contribution in [0.5, 0.6) is 0 Å². The molecule has 0 radical (unpaired) electrons. The second-order valence-electron chi connectivity index (χ2n) is 7.71. The molecule has 0 heterocycles. The van der Waals surface area contributed by atoms with Gasteiger partial charge in [-0.1, -0.05) is 62.7 Å². The van der Waals surface area contributed by atoms with Crippen molar-refractivity contribution in [2.75, 3.05) is 5.32 Å². The number of nitrogens with one attached hydrogen (secondary N) is 1. The number of hydrogen-bond acceptors (Lipinski definition) is 1. The van der Waals surface area contributed by atoms with E-state index in [0.29, 0.717) is 0 Å². The van der Waals surface area contributed by atoms with Crippen molar-refractivity contribution in [1.82, 2.24) is 0 Å². The Hall–Kier alpha value is -2.09. The molecule has 2 aromatic rings. The quantitative estimate of drug-likeness (QED) is 0.562. The van der Waals surface area contributed by atoms with Gasteiger partial charge in [-0.2, -0.15) is 0 Å². The lowest BCUT2D eigenvalue weighted by atomic mass is 9.86. The van der Waals surface area contributed by atoms with Crippen molar-refractivity contribution in [1.29, 1.82) is 0 Å². The van der Waals surface area contributed by atoms with Crippen molar-refractivity contribution in [2.24, 2.45) is 4.99 Å². The molecule has 0 aliphatic heterocycles. The zero-order valence-electron chi connectivity index (χ0n) is 15.9. The number of nitrogens with zero attached hydrogens (tertiary/aromatic N) is 1. The average Bonchev–Trinajstić information content (AvgIpc) is 2.49. The smallest absolute Gasteiger partial charge is 0.0978 e. The predicted molar refractivity (Wildman–Crippen MR) is 106 cm³/mol. The molecular formula is C22H30N2. The van der Waals surface area contributed by atoms with Crippen molar-refractivity contribution in [3.05, 3.63) is 65.2 Å². The van der Waals surface area contributed by atoms with Crippen LogP contribution in [0.1, 0.15) is 51.3 Å². The molecule has 0 fully saturated rings. The Morgan fingerprint density at radius 3 is 2.12 bits per heavy atom. The standard InChI is InChI=1S/C22H30N2/c1-16-7-13-21(14-8-16)24-18(3)23-17(2)15-19-9-11-20(12-10-19)22(4,5)6/h7-14,17H,15H2,1-6H3,(H,23,24). The van der Waals surface area contributed by atoms with Gasteiger partial charge < -0.3 is 5.32 Å². The van der Waals surface area contributed by atoms with Gasteiger partial charge in [-0.05, 0) is 55.9 Å². The zero-order chi connectivity index (χ0) is 17.7. The normalized spacial score (nSPS) is 13.7. The maximum absolute atomic E-state index is 4.77. The highest BCUT2D eigenvalue weighted by Crippen LogP contribution is 2.22. The number of aryl methyl sites for hydroxylation is 1. The number of aliphatic imine (C=N–C) groups is 1. The van der Waals surface area contributed by atoms with E-state index in [9.17, 15) is 0 Å². The largest absolute Gasteiger partial charge is 0.344 e. The van der Waals surface area contributed by atoms with Gasteiger partial charge in [-0.3, -0.25) is 4.99 Å². The molecule has 2 aromatic carbocycles. The third-order valence-corrected chi connectivity index (χ3v) is 4.14. The Morgan fingerprint density at radius 1 is 1.00 bits per heavy atom. The molecular weight excluding hydrogens is 292 g/mol. The third-order valence-electron chi connectivity index (χ3n) is 4.14. The van der Waals surface area contributed by atoms with Gasteiger partial charge in [0.2, 0.25) is 0 Å². The molecule has 24 heavy (non-hydrogen) atoms. The van der Waals surface area contributed by atoms with Gasteiger partial charge in [0, 0.05) is 5.69 Å². The fourth-order valence-electron chi connectivity index (χ4n) is 2.74. The first-order chi connectivity index (χ1) is 11.2. The van der Waals surface area contributed by atoms with E-state index in [0.717, 1.165) is 17.9 Å². The summed E-state index contributed by atoms with van der Waals surface area (Å²) in [6, 6.07) is 17.6. The molecule has 0 aromatic heterocycles. The van der Waals surface area contributed by atoms with Crippen LogP contribution < -0.4 is 5.32 Å². The van der Waals surface area contributed by atoms with Crippen LogP contribution in [0.2, 0.25) is 0 Å². The summed E-state index contributed by atoms with van der Waals surface area (Å²) < 4.78 is 0. The highest BCUT2D eigenvalue weighted by atomic mass is 15.0. The highest BCUT2D eigenvalue weighted by molar-refractivity contribution is 5.93. The van der Waals surface area contributed by atoms with Gasteiger partial charge >= 0.3 is 0 Å². The van der Waals surface area contributed by atoms with Crippen molar-refractivity contribution >= 4 is 11.5 Å². The first-order valence-corrected chi connectivity index (χ1v) is 8.71. The number of anilines is 1. The molecule has 0 aliphatic carbocycles. The van der Waals surface area contributed by atoms with E-state index in [4.69, 9.17) is 4.99 Å². The van der Waals surface area contributed by atoms with Crippen LogP contribution in [0.3, 0.4) is 0 Å². The molecule has 1 unspecified atom stereocenters. The lowest BCUT2D eigenvalue weighted by Gasteiger charge is -2.19. The molecule has 0 bridgehead atoms. The van der Waals surface area contributed by atoms with Crippen molar-refractivity contribution in [3.63, 3.8) is 0 Å². The fraction of sp³-hybridized carbons (Fsp3) is 0.409. The molecule has 2 nitrogen and oxygen atoms in total. The first kappa shape index (κ1) is 18.3. The van der Waals surface area contributed by atoms with Crippen molar-refractivity contribution in [3.8, 4) is 0 Å². The summed E-state index contributed by atoms with van der Waals surface area (Å²) in [6.07, 6.45) is 0.956. The van der Waals surface area contributed by atoms with Gasteiger partial charge in [0.05, 0.1) is 11.9 Å². The van der Waals surface area contributed by atoms with E-state index >= 15 is 0 Å². The summed E-state index contributed by atoms with van der Waals surface area (Å²) in [5.41, 5.74) is 5.27. The van der Waals surface area contributed by atoms with Crippen LogP contribution in [-0.2, 0) is 11.8 Å². The van der Waals surface area contributed by atoms with E-state index in [2.05, 4.69) is 88.5 Å². The summed E-state index contributed by atoms with van der Waals surface area (Å²) in [4.78, 5) is 4.77. The fourth-order valence-corrected chi connectivity index (χ4v) is 2.74. The SMILES string of the molecule is CC(=NC(C)Cc1ccc(C(C)(C)C)cc1)Nc1ccc(C)cc1. The van der Waals surface area contributed by atoms with Crippen LogP contribution in [0.15, 0.2) is 53.5 Å². The van der Waals surface area contributed by atoms with E-state index in [1.165, 1.54) is 16.7 Å². The zero-order valence-corrected chi connectivity index (χ0v) is 15.9. The molecule has 1 N–H and O–H groups in total. The average molecular weight is 322 g/mol. The number of amidine groups is 1. The minimum Gasteiger partial charge on any atom is -0.344 e. The highest BCUT2D eigenvalue weighted by Gasteiger charge is 2.13. The maximum atomic E-state index is 4.77. The minimum absolute atomic E-state index is 0.205. The number of benzene rings is 2. The summed E-state index contributed by atoms with van der Waals surface area (Å²) in [5.74, 6) is 0.956. The van der Waals surface area contributed by atoms with Gasteiger partial charge in [0.25, 0.3) is 0 Å². The van der Waals surface area contributed by atoms with E-state index in [1.807, 2.05) is 6.92 Å². The Bertz CT molecular complexity index is 673. The summed E-state index contributed by atoms with van der Waals surface area (Å²) in [6.45, 7) is 13.0. The first-order valence-electron chi connectivity index (χ1n) is 8.71. The van der Waals surface area contributed by atoms with Crippen LogP contribution in [0.25, 0.3) is 0 Å². The second-order valence-corrected chi connectivity index (χ2v) is 7.71. The van der Waals surface area contributed by atoms with Gasteiger partial charge in [-0.25, -0.2) is 0 Å². The lowest BCUT2D eigenvalue weighted by Crippen LogP contribution is -2.14. The van der Waals surface area contributed by atoms with Crippen molar-refractivity contribution < 1.29 is 0 Å². The number of rotatable bonds is 4. The lowest BCUT2D eigenvalue weighted by molar-refractivity contribution is 0.589. The Morgan fingerprint density at radius 2 is 1.58 bits per heavy atom. The van der Waals surface area contributed by atoms with E-state index in [-0.39, 0.29) is 11.5 Å². The molecule has 0 aliphatic rings. The maximum Gasteiger partial charge on any atom is 0.0978 e. The van der Waals surface area contributed by atoms with Gasteiger partial charge in [-0.15, -0.1) is 0 Å². The molecule has 0 spiro atoms. The Labute approximate surface area is 147 Å². The second kappa shape index (κ2) is 7.65. The van der Waals surface area contributed by atoms with Crippen LogP contribution in [0, 0.1) is 6.92 Å². The molecule has 1 atom stereocenters. The van der Waals surface area contributed by atoms with E-state index in [1.54, 1.807) is 0 Å². The van der Waals surface area contributed by atoms with Crippen molar-refractivity contribution in [2.45, 2.75) is 59.4 Å². The summed E-state index contributed by atoms with van der Waals surface area (Å²) in [7, 11) is 0. The molecule has 2 rings (SSSR count). The topological polar surface area (TPSA) is 24.4 Å². The molecule has 0 saturated carbocycles. The third kappa shape index (κ3) is 5.52. The Balaban J connectivity index is 1.96.